The summed E-state index contributed by atoms with van der Waals surface area (Å²) in [4.78, 5) is 16.6. The molecule has 1 heterocycles. The van der Waals surface area contributed by atoms with E-state index in [-0.39, 0.29) is 12.6 Å². The monoisotopic (exact) mass is 317 g/mol. The summed E-state index contributed by atoms with van der Waals surface area (Å²) in [5.41, 5.74) is 2.10. The van der Waals surface area contributed by atoms with Crippen LogP contribution in [0.1, 0.15) is 31.2 Å². The number of rotatable bonds is 7. The second kappa shape index (κ2) is 7.79. The predicted molar refractivity (Wildman–Crippen MR) is 91.7 cm³/mol. The fraction of sp³-hybridized carbons (Fsp3) is 0.611. The molecule has 2 amide bonds. The van der Waals surface area contributed by atoms with E-state index < -0.39 is 0 Å². The van der Waals surface area contributed by atoms with E-state index in [4.69, 9.17) is 5.11 Å². The molecule has 0 aromatic heterocycles. The van der Waals surface area contributed by atoms with Crippen molar-refractivity contribution in [1.82, 2.24) is 9.80 Å². The van der Waals surface area contributed by atoms with Crippen LogP contribution >= 0.6 is 0 Å². The number of nitrogens with one attached hydrogen (secondary N) is 1. The standard InChI is InChI=1S/C18H27N3O2/c22-13-12-21(17-6-7-17)18(23)19-16-5-3-4-15(14-16)8-11-20-9-1-2-10-20/h3-5,14,17,22H,1-2,6-13H2,(H,19,23). The summed E-state index contributed by atoms with van der Waals surface area (Å²) in [6.45, 7) is 3.95. The van der Waals surface area contributed by atoms with Crippen molar-refractivity contribution < 1.29 is 9.90 Å². The first kappa shape index (κ1) is 16.3. The Hall–Kier alpha value is -1.59. The number of anilines is 1. The van der Waals surface area contributed by atoms with Crippen LogP contribution in [0.4, 0.5) is 10.5 Å². The van der Waals surface area contributed by atoms with E-state index in [0.29, 0.717) is 12.6 Å². The number of aliphatic hydroxyl groups is 1. The van der Waals surface area contributed by atoms with E-state index in [1.54, 1.807) is 4.90 Å². The SMILES string of the molecule is O=C(Nc1cccc(CCN2CCCC2)c1)N(CCO)C1CC1. The normalized spacial score (nSPS) is 18.1. The van der Waals surface area contributed by atoms with Gasteiger partial charge in [0.25, 0.3) is 0 Å². The maximum atomic E-state index is 12.4. The lowest BCUT2D eigenvalue weighted by Gasteiger charge is -2.22. The predicted octanol–water partition coefficient (Wildman–Crippen LogP) is 2.31. The van der Waals surface area contributed by atoms with E-state index in [1.165, 1.54) is 31.5 Å². The van der Waals surface area contributed by atoms with E-state index in [9.17, 15) is 4.79 Å². The summed E-state index contributed by atoms with van der Waals surface area (Å²) in [7, 11) is 0. The second-order valence-electron chi connectivity index (χ2n) is 6.58. The first-order chi connectivity index (χ1) is 11.3. The number of hydrogen-bond donors (Lipinski definition) is 2. The third-order valence-electron chi connectivity index (χ3n) is 4.68. The van der Waals surface area contributed by atoms with Gasteiger partial charge in [0.05, 0.1) is 6.61 Å². The summed E-state index contributed by atoms with van der Waals surface area (Å²) in [5.74, 6) is 0. The summed E-state index contributed by atoms with van der Waals surface area (Å²) in [6, 6.07) is 8.33. The molecule has 2 N–H and O–H groups in total. The molecular formula is C18H27N3O2. The van der Waals surface area contributed by atoms with Gasteiger partial charge in [-0.25, -0.2) is 4.79 Å². The molecule has 1 saturated carbocycles. The van der Waals surface area contributed by atoms with Crippen molar-refractivity contribution in [3.63, 3.8) is 0 Å². The number of hydrogen-bond acceptors (Lipinski definition) is 3. The molecule has 3 rings (SSSR count). The van der Waals surface area contributed by atoms with Crippen LogP contribution in [0, 0.1) is 0 Å². The van der Waals surface area contributed by atoms with E-state index in [1.807, 2.05) is 12.1 Å². The highest BCUT2D eigenvalue weighted by Gasteiger charge is 2.32. The molecule has 0 radical (unpaired) electrons. The Balaban J connectivity index is 1.54. The van der Waals surface area contributed by atoms with Crippen molar-refractivity contribution >= 4 is 11.7 Å². The number of aliphatic hydroxyl groups excluding tert-OH is 1. The summed E-state index contributed by atoms with van der Waals surface area (Å²) >= 11 is 0. The Kier molecular flexibility index (Phi) is 5.51. The van der Waals surface area contributed by atoms with Crippen LogP contribution in [-0.4, -0.2) is 59.8 Å². The molecule has 0 atom stereocenters. The molecular weight excluding hydrogens is 290 g/mol. The van der Waals surface area contributed by atoms with Crippen molar-refractivity contribution in [3.05, 3.63) is 29.8 Å². The van der Waals surface area contributed by atoms with Crippen LogP contribution in [-0.2, 0) is 6.42 Å². The van der Waals surface area contributed by atoms with Crippen molar-refractivity contribution in [2.75, 3.05) is 38.1 Å². The van der Waals surface area contributed by atoms with E-state index in [2.05, 4.69) is 22.3 Å². The Labute approximate surface area is 138 Å². The molecule has 23 heavy (non-hydrogen) atoms. The number of carbonyl (C=O) groups is 1. The molecule has 5 heteroatoms. The van der Waals surface area contributed by atoms with Crippen LogP contribution in [0.2, 0.25) is 0 Å². The van der Waals surface area contributed by atoms with Crippen LogP contribution in [0.25, 0.3) is 0 Å². The van der Waals surface area contributed by atoms with Gasteiger partial charge in [0, 0.05) is 24.8 Å². The molecule has 1 aliphatic carbocycles. The Morgan fingerprint density at radius 1 is 1.30 bits per heavy atom. The fourth-order valence-corrected chi connectivity index (χ4v) is 3.24. The van der Waals surface area contributed by atoms with Crippen LogP contribution in [0.15, 0.2) is 24.3 Å². The minimum atomic E-state index is -0.0988. The highest BCUT2D eigenvalue weighted by atomic mass is 16.3. The van der Waals surface area contributed by atoms with Gasteiger partial charge in [0.15, 0.2) is 0 Å². The highest BCUT2D eigenvalue weighted by molar-refractivity contribution is 5.89. The molecule has 126 valence electrons. The average Bonchev–Trinajstić information content (AvgIpc) is 3.25. The topological polar surface area (TPSA) is 55.8 Å². The lowest BCUT2D eigenvalue weighted by molar-refractivity contribution is 0.185. The van der Waals surface area contributed by atoms with Crippen molar-refractivity contribution in [3.8, 4) is 0 Å². The molecule has 1 aromatic carbocycles. The molecule has 2 aliphatic rings. The first-order valence-electron chi connectivity index (χ1n) is 8.76. The molecule has 2 fully saturated rings. The number of amides is 2. The van der Waals surface area contributed by atoms with Gasteiger partial charge in [-0.3, -0.25) is 0 Å². The van der Waals surface area contributed by atoms with Gasteiger partial charge in [-0.05, 0) is 62.9 Å². The van der Waals surface area contributed by atoms with Gasteiger partial charge >= 0.3 is 6.03 Å². The number of nitrogens with zero attached hydrogens (tertiary/aromatic N) is 2. The van der Waals surface area contributed by atoms with Gasteiger partial charge in [0.1, 0.15) is 0 Å². The second-order valence-corrected chi connectivity index (χ2v) is 6.58. The number of likely N-dealkylation sites (tertiary alicyclic amines) is 1. The van der Waals surface area contributed by atoms with Crippen molar-refractivity contribution in [1.29, 1.82) is 0 Å². The molecule has 0 unspecified atom stereocenters. The smallest absolute Gasteiger partial charge is 0.322 e. The highest BCUT2D eigenvalue weighted by Crippen LogP contribution is 2.27. The maximum absolute atomic E-state index is 12.4. The quantitative estimate of drug-likeness (QED) is 0.811. The minimum absolute atomic E-state index is 0.0137. The van der Waals surface area contributed by atoms with E-state index >= 15 is 0 Å². The Morgan fingerprint density at radius 2 is 2.09 bits per heavy atom. The zero-order valence-electron chi connectivity index (χ0n) is 13.7. The molecule has 0 bridgehead atoms. The van der Waals surface area contributed by atoms with Crippen LogP contribution in [0.5, 0.6) is 0 Å². The van der Waals surface area contributed by atoms with Crippen LogP contribution < -0.4 is 5.32 Å². The minimum Gasteiger partial charge on any atom is -0.395 e. The largest absolute Gasteiger partial charge is 0.395 e. The Morgan fingerprint density at radius 3 is 2.78 bits per heavy atom. The van der Waals surface area contributed by atoms with Gasteiger partial charge in [0.2, 0.25) is 0 Å². The third-order valence-corrected chi connectivity index (χ3v) is 4.68. The van der Waals surface area contributed by atoms with E-state index in [0.717, 1.165) is 31.5 Å². The lowest BCUT2D eigenvalue weighted by atomic mass is 10.1. The first-order valence-corrected chi connectivity index (χ1v) is 8.76. The summed E-state index contributed by atoms with van der Waals surface area (Å²) in [5, 5.41) is 12.1. The van der Waals surface area contributed by atoms with Gasteiger partial charge in [-0.1, -0.05) is 12.1 Å². The molecule has 1 aromatic rings. The number of benzene rings is 1. The summed E-state index contributed by atoms with van der Waals surface area (Å²) < 4.78 is 0. The molecule has 5 nitrogen and oxygen atoms in total. The number of carbonyl (C=O) groups excluding carboxylic acids is 1. The molecule has 1 aliphatic heterocycles. The van der Waals surface area contributed by atoms with Gasteiger partial charge in [-0.2, -0.15) is 0 Å². The lowest BCUT2D eigenvalue weighted by Crippen LogP contribution is -2.38. The van der Waals surface area contributed by atoms with Gasteiger partial charge in [-0.15, -0.1) is 0 Å². The van der Waals surface area contributed by atoms with Crippen molar-refractivity contribution in [2.24, 2.45) is 0 Å². The average molecular weight is 317 g/mol. The Bertz CT molecular complexity index is 525. The molecule has 1 saturated heterocycles. The number of urea groups is 1. The fourth-order valence-electron chi connectivity index (χ4n) is 3.24. The maximum Gasteiger partial charge on any atom is 0.322 e. The third kappa shape index (κ3) is 4.69. The van der Waals surface area contributed by atoms with Gasteiger partial charge < -0.3 is 20.2 Å². The summed E-state index contributed by atoms with van der Waals surface area (Å²) in [6.07, 6.45) is 5.75. The zero-order valence-corrected chi connectivity index (χ0v) is 13.7. The zero-order chi connectivity index (χ0) is 16.1. The van der Waals surface area contributed by atoms with Crippen molar-refractivity contribution in [2.45, 2.75) is 38.1 Å². The molecule has 0 spiro atoms. The van der Waals surface area contributed by atoms with Crippen LogP contribution in [0.3, 0.4) is 0 Å².